The minimum absolute atomic E-state index is 0.242. The summed E-state index contributed by atoms with van der Waals surface area (Å²) in [6.45, 7) is 2.72. The molecule has 0 fully saturated rings. The molecule has 0 aliphatic heterocycles. The Morgan fingerprint density at radius 3 is 2.71 bits per heavy atom. The molecule has 0 spiro atoms. The summed E-state index contributed by atoms with van der Waals surface area (Å²) in [7, 11) is 1.57. The van der Waals surface area contributed by atoms with Gasteiger partial charge in [-0.25, -0.2) is 0 Å². The maximum atomic E-state index is 10.6. The van der Waals surface area contributed by atoms with Crippen LogP contribution in [0.3, 0.4) is 0 Å². The minimum Gasteiger partial charge on any atom is -0.383 e. The third kappa shape index (κ3) is 3.68. The van der Waals surface area contributed by atoms with Crippen LogP contribution < -0.4 is 5.73 Å². The van der Waals surface area contributed by atoms with E-state index in [4.69, 9.17) is 22.1 Å². The highest BCUT2D eigenvalue weighted by molar-refractivity contribution is 6.31. The molecule has 0 saturated carbocycles. The fourth-order valence-corrected chi connectivity index (χ4v) is 2.00. The molecule has 3 N–H and O–H groups in total. The SMILES string of the molecule is COCC(O)(CCCN)c1ccc(C)c(Cl)c1. The minimum atomic E-state index is -1.01. The average Bonchev–Trinajstić information content (AvgIpc) is 2.30. The van der Waals surface area contributed by atoms with Crippen LogP contribution >= 0.6 is 11.6 Å². The van der Waals surface area contributed by atoms with Crippen LogP contribution in [0, 0.1) is 6.92 Å². The highest BCUT2D eigenvalue weighted by atomic mass is 35.5. The van der Waals surface area contributed by atoms with Gasteiger partial charge in [-0.15, -0.1) is 0 Å². The monoisotopic (exact) mass is 257 g/mol. The first-order valence-corrected chi connectivity index (χ1v) is 6.09. The number of rotatable bonds is 6. The van der Waals surface area contributed by atoms with Crippen molar-refractivity contribution in [2.24, 2.45) is 5.73 Å². The van der Waals surface area contributed by atoms with Crippen molar-refractivity contribution in [3.63, 3.8) is 0 Å². The zero-order valence-corrected chi connectivity index (χ0v) is 11.1. The van der Waals surface area contributed by atoms with Gasteiger partial charge < -0.3 is 15.6 Å². The Morgan fingerprint density at radius 1 is 1.47 bits per heavy atom. The summed E-state index contributed by atoms with van der Waals surface area (Å²) in [6.07, 6.45) is 1.31. The standard InChI is InChI=1S/C13H20ClNO2/c1-10-4-5-11(8-12(10)14)13(16,9-17-2)6-3-7-15/h4-5,8,16H,3,6-7,9,15H2,1-2H3. The summed E-state index contributed by atoms with van der Waals surface area (Å²) in [6, 6.07) is 5.59. The first-order valence-electron chi connectivity index (χ1n) is 5.71. The number of aliphatic hydroxyl groups is 1. The van der Waals surface area contributed by atoms with Gasteiger partial charge in [-0.3, -0.25) is 0 Å². The molecule has 0 radical (unpaired) electrons. The molecule has 0 aromatic heterocycles. The second kappa shape index (κ2) is 6.36. The van der Waals surface area contributed by atoms with Crippen molar-refractivity contribution in [3.05, 3.63) is 34.3 Å². The van der Waals surface area contributed by atoms with Gasteiger partial charge >= 0.3 is 0 Å². The van der Waals surface area contributed by atoms with E-state index in [0.717, 1.165) is 17.5 Å². The van der Waals surface area contributed by atoms with Crippen molar-refractivity contribution >= 4 is 11.6 Å². The molecule has 1 rings (SSSR count). The molecule has 1 aromatic carbocycles. The number of ether oxygens (including phenoxy) is 1. The number of benzene rings is 1. The topological polar surface area (TPSA) is 55.5 Å². The fraction of sp³-hybridized carbons (Fsp3) is 0.538. The fourth-order valence-electron chi connectivity index (χ4n) is 1.82. The molecule has 1 atom stereocenters. The highest BCUT2D eigenvalue weighted by Crippen LogP contribution is 2.30. The van der Waals surface area contributed by atoms with E-state index in [0.29, 0.717) is 18.0 Å². The number of halogens is 1. The molecule has 0 aliphatic carbocycles. The predicted octanol–water partition coefficient (Wildman–Crippen LogP) is 2.22. The smallest absolute Gasteiger partial charge is 0.113 e. The van der Waals surface area contributed by atoms with Crippen molar-refractivity contribution in [3.8, 4) is 0 Å². The highest BCUT2D eigenvalue weighted by Gasteiger charge is 2.29. The lowest BCUT2D eigenvalue weighted by molar-refractivity contribution is -0.0429. The van der Waals surface area contributed by atoms with Crippen molar-refractivity contribution < 1.29 is 9.84 Å². The molecule has 96 valence electrons. The molecular weight excluding hydrogens is 238 g/mol. The van der Waals surface area contributed by atoms with Gasteiger partial charge in [0.25, 0.3) is 0 Å². The van der Waals surface area contributed by atoms with E-state index in [1.807, 2.05) is 19.1 Å². The molecule has 0 bridgehead atoms. The van der Waals surface area contributed by atoms with E-state index < -0.39 is 5.60 Å². The van der Waals surface area contributed by atoms with Crippen LogP contribution in [0.25, 0.3) is 0 Å². The number of nitrogens with two attached hydrogens (primary N) is 1. The molecule has 1 aromatic rings. The van der Waals surface area contributed by atoms with Gasteiger partial charge in [0.05, 0.1) is 6.61 Å². The van der Waals surface area contributed by atoms with Crippen LogP contribution in [-0.2, 0) is 10.3 Å². The van der Waals surface area contributed by atoms with E-state index in [1.165, 1.54) is 0 Å². The van der Waals surface area contributed by atoms with E-state index in [1.54, 1.807) is 13.2 Å². The molecule has 0 saturated heterocycles. The summed E-state index contributed by atoms with van der Waals surface area (Å²) in [5.41, 5.74) is 6.25. The zero-order valence-electron chi connectivity index (χ0n) is 10.4. The van der Waals surface area contributed by atoms with Crippen LogP contribution in [0.2, 0.25) is 5.02 Å². The van der Waals surface area contributed by atoms with Gasteiger partial charge in [-0.1, -0.05) is 23.7 Å². The van der Waals surface area contributed by atoms with E-state index >= 15 is 0 Å². The Labute approximate surface area is 108 Å². The lowest BCUT2D eigenvalue weighted by atomic mass is 9.89. The van der Waals surface area contributed by atoms with E-state index in [-0.39, 0.29) is 6.61 Å². The van der Waals surface area contributed by atoms with Crippen molar-refractivity contribution in [2.45, 2.75) is 25.4 Å². The van der Waals surface area contributed by atoms with Crippen molar-refractivity contribution in [2.75, 3.05) is 20.3 Å². The average molecular weight is 258 g/mol. The van der Waals surface area contributed by atoms with E-state index in [2.05, 4.69) is 0 Å². The van der Waals surface area contributed by atoms with Crippen LogP contribution in [0.1, 0.15) is 24.0 Å². The quantitative estimate of drug-likeness (QED) is 0.822. The van der Waals surface area contributed by atoms with E-state index in [9.17, 15) is 5.11 Å². The van der Waals surface area contributed by atoms with Crippen LogP contribution in [-0.4, -0.2) is 25.4 Å². The second-order valence-corrected chi connectivity index (χ2v) is 4.73. The lowest BCUT2D eigenvalue weighted by Gasteiger charge is -2.28. The number of hydrogen-bond donors (Lipinski definition) is 2. The van der Waals surface area contributed by atoms with Crippen LogP contribution in [0.5, 0.6) is 0 Å². The first kappa shape index (κ1) is 14.5. The van der Waals surface area contributed by atoms with Gasteiger partial charge in [-0.2, -0.15) is 0 Å². The summed E-state index contributed by atoms with van der Waals surface area (Å²) in [4.78, 5) is 0. The molecule has 0 heterocycles. The van der Waals surface area contributed by atoms with Crippen LogP contribution in [0.4, 0.5) is 0 Å². The Hall–Kier alpha value is -0.610. The molecule has 0 amide bonds. The maximum Gasteiger partial charge on any atom is 0.113 e. The molecule has 0 aliphatic rings. The van der Waals surface area contributed by atoms with Crippen molar-refractivity contribution in [1.82, 2.24) is 0 Å². The number of aryl methyl sites for hydroxylation is 1. The Bertz CT molecular complexity index is 370. The summed E-state index contributed by atoms with van der Waals surface area (Å²) in [5.74, 6) is 0. The van der Waals surface area contributed by atoms with Gasteiger partial charge in [0.15, 0.2) is 0 Å². The maximum absolute atomic E-state index is 10.6. The normalized spacial score (nSPS) is 14.6. The predicted molar refractivity (Wildman–Crippen MR) is 70.3 cm³/mol. The van der Waals surface area contributed by atoms with Crippen LogP contribution in [0.15, 0.2) is 18.2 Å². The summed E-state index contributed by atoms with van der Waals surface area (Å²) < 4.78 is 5.09. The van der Waals surface area contributed by atoms with Gasteiger partial charge in [-0.05, 0) is 43.5 Å². The van der Waals surface area contributed by atoms with Gasteiger partial charge in [0, 0.05) is 12.1 Å². The number of hydrogen-bond acceptors (Lipinski definition) is 3. The molecule has 17 heavy (non-hydrogen) atoms. The third-order valence-electron chi connectivity index (χ3n) is 2.89. The van der Waals surface area contributed by atoms with Gasteiger partial charge in [0.1, 0.15) is 5.60 Å². The largest absolute Gasteiger partial charge is 0.383 e. The molecule has 3 nitrogen and oxygen atoms in total. The lowest BCUT2D eigenvalue weighted by Crippen LogP contribution is -2.32. The molecular formula is C13H20ClNO2. The summed E-state index contributed by atoms with van der Waals surface area (Å²) in [5, 5.41) is 11.2. The Kier molecular flexibility index (Phi) is 5.40. The second-order valence-electron chi connectivity index (χ2n) is 4.32. The van der Waals surface area contributed by atoms with Crippen molar-refractivity contribution in [1.29, 1.82) is 0 Å². The first-order chi connectivity index (χ1) is 8.03. The molecule has 1 unspecified atom stereocenters. The zero-order chi connectivity index (χ0) is 12.9. The Morgan fingerprint density at radius 2 is 2.18 bits per heavy atom. The number of methoxy groups -OCH3 is 1. The Balaban J connectivity index is 2.99. The third-order valence-corrected chi connectivity index (χ3v) is 3.29. The molecule has 4 heteroatoms. The van der Waals surface area contributed by atoms with Gasteiger partial charge in [0.2, 0.25) is 0 Å². The summed E-state index contributed by atoms with van der Waals surface area (Å²) >= 11 is 6.08.